The van der Waals surface area contributed by atoms with Gasteiger partial charge in [0.1, 0.15) is 11.9 Å². The number of nitriles is 1. The zero-order chi connectivity index (χ0) is 17.7. The first-order valence-electron chi connectivity index (χ1n) is 7.33. The Balaban J connectivity index is 2.13. The molecule has 2 aromatic rings. The molecule has 0 saturated heterocycles. The van der Waals surface area contributed by atoms with Gasteiger partial charge in [-0.05, 0) is 36.2 Å². The van der Waals surface area contributed by atoms with E-state index in [9.17, 15) is 18.3 Å². The van der Waals surface area contributed by atoms with E-state index < -0.39 is 23.9 Å². The van der Waals surface area contributed by atoms with Crippen LogP contribution in [0.5, 0.6) is 0 Å². The summed E-state index contributed by atoms with van der Waals surface area (Å²) in [5.41, 5.74) is 0.0427. The van der Waals surface area contributed by atoms with Crippen molar-refractivity contribution in [3.63, 3.8) is 0 Å². The molecular weight excluding hydrogens is 319 g/mol. The second-order valence-corrected chi connectivity index (χ2v) is 5.27. The number of benzene rings is 1. The molecular formula is C17H16F3N3O. The minimum absolute atomic E-state index is 0.385. The van der Waals surface area contributed by atoms with Crippen LogP contribution in [0.3, 0.4) is 0 Å². The Kier molecular flexibility index (Phi) is 5.42. The smallest absolute Gasteiger partial charge is 0.386 e. The molecule has 1 aromatic carbocycles. The maximum atomic E-state index is 12.6. The molecule has 2 atom stereocenters. The first kappa shape index (κ1) is 17.8. The van der Waals surface area contributed by atoms with Gasteiger partial charge in [0.25, 0.3) is 0 Å². The van der Waals surface area contributed by atoms with Crippen LogP contribution in [0.4, 0.5) is 19.0 Å². The van der Waals surface area contributed by atoms with Crippen LogP contribution in [0.2, 0.25) is 0 Å². The van der Waals surface area contributed by atoms with Crippen LogP contribution in [-0.2, 0) is 6.18 Å². The van der Waals surface area contributed by atoms with Gasteiger partial charge in [0.15, 0.2) is 0 Å². The van der Waals surface area contributed by atoms with E-state index in [0.717, 1.165) is 12.1 Å². The molecule has 2 rings (SSSR count). The summed E-state index contributed by atoms with van der Waals surface area (Å²) in [5.74, 6) is 0.479. The van der Waals surface area contributed by atoms with Gasteiger partial charge in [-0.25, -0.2) is 4.98 Å². The summed E-state index contributed by atoms with van der Waals surface area (Å²) < 4.78 is 37.8. The van der Waals surface area contributed by atoms with Crippen LogP contribution in [-0.4, -0.2) is 16.1 Å². The van der Waals surface area contributed by atoms with Crippen LogP contribution >= 0.6 is 0 Å². The number of halogens is 3. The maximum absolute atomic E-state index is 12.6. The van der Waals surface area contributed by atoms with Crippen molar-refractivity contribution in [2.24, 2.45) is 0 Å². The number of aliphatic hydroxyl groups is 1. The summed E-state index contributed by atoms with van der Waals surface area (Å²) in [6.45, 7) is 1.84. The van der Waals surface area contributed by atoms with Crippen molar-refractivity contribution in [2.45, 2.75) is 31.7 Å². The van der Waals surface area contributed by atoms with Crippen LogP contribution in [0.1, 0.15) is 36.1 Å². The Hall–Kier alpha value is -2.59. The average molecular weight is 335 g/mol. The van der Waals surface area contributed by atoms with Gasteiger partial charge in [0, 0.05) is 6.20 Å². The highest BCUT2D eigenvalue weighted by atomic mass is 19.4. The highest BCUT2D eigenvalue weighted by molar-refractivity contribution is 5.40. The first-order chi connectivity index (χ1) is 11.3. The SMILES string of the molecule is CCC(Nc1ccc(C#N)cn1)C(O)c1ccc(C(F)(F)F)cc1. The van der Waals surface area contributed by atoms with E-state index >= 15 is 0 Å². The Morgan fingerprint density at radius 2 is 1.88 bits per heavy atom. The largest absolute Gasteiger partial charge is 0.416 e. The molecule has 0 fully saturated rings. The van der Waals surface area contributed by atoms with Crippen molar-refractivity contribution in [2.75, 3.05) is 5.32 Å². The Morgan fingerprint density at radius 1 is 1.21 bits per heavy atom. The van der Waals surface area contributed by atoms with Crippen LogP contribution in [0.15, 0.2) is 42.6 Å². The predicted octanol–water partition coefficient (Wildman–Crippen LogP) is 3.90. The minimum atomic E-state index is -4.40. The molecule has 126 valence electrons. The molecule has 0 aliphatic heterocycles. The van der Waals surface area contributed by atoms with E-state index in [1.165, 1.54) is 18.3 Å². The summed E-state index contributed by atoms with van der Waals surface area (Å²) in [6, 6.07) is 9.16. The third kappa shape index (κ3) is 4.24. The van der Waals surface area contributed by atoms with Gasteiger partial charge >= 0.3 is 6.18 Å². The molecule has 4 nitrogen and oxygen atoms in total. The van der Waals surface area contributed by atoms with Gasteiger partial charge in [0.05, 0.1) is 23.3 Å². The van der Waals surface area contributed by atoms with Gasteiger partial charge in [0.2, 0.25) is 0 Å². The molecule has 0 amide bonds. The number of aliphatic hydroxyl groups excluding tert-OH is 1. The van der Waals surface area contributed by atoms with Crippen molar-refractivity contribution < 1.29 is 18.3 Å². The van der Waals surface area contributed by atoms with Crippen molar-refractivity contribution in [3.05, 3.63) is 59.3 Å². The highest BCUT2D eigenvalue weighted by Gasteiger charge is 2.30. The molecule has 0 aliphatic rings. The summed E-state index contributed by atoms with van der Waals surface area (Å²) >= 11 is 0. The molecule has 0 bridgehead atoms. The molecule has 0 saturated carbocycles. The molecule has 24 heavy (non-hydrogen) atoms. The molecule has 0 radical (unpaired) electrons. The predicted molar refractivity (Wildman–Crippen MR) is 83.1 cm³/mol. The second-order valence-electron chi connectivity index (χ2n) is 5.27. The normalized spacial score (nSPS) is 13.8. The number of aromatic nitrogens is 1. The number of alkyl halides is 3. The van der Waals surface area contributed by atoms with E-state index in [1.54, 1.807) is 12.1 Å². The molecule has 0 aliphatic carbocycles. The fraction of sp³-hybridized carbons (Fsp3) is 0.294. The van der Waals surface area contributed by atoms with Gasteiger partial charge in [-0.2, -0.15) is 18.4 Å². The zero-order valence-electron chi connectivity index (χ0n) is 12.9. The molecule has 7 heteroatoms. The van der Waals surface area contributed by atoms with E-state index in [4.69, 9.17) is 5.26 Å². The summed E-state index contributed by atoms with van der Waals surface area (Å²) in [5, 5.41) is 22.2. The third-order valence-corrected chi connectivity index (χ3v) is 3.63. The van der Waals surface area contributed by atoms with Crippen molar-refractivity contribution in [1.29, 1.82) is 5.26 Å². The fourth-order valence-electron chi connectivity index (χ4n) is 2.24. The Labute approximate surface area is 137 Å². The zero-order valence-corrected chi connectivity index (χ0v) is 12.9. The van der Waals surface area contributed by atoms with Crippen LogP contribution < -0.4 is 5.32 Å². The molecule has 1 heterocycles. The number of nitrogens with one attached hydrogen (secondary N) is 1. The van der Waals surface area contributed by atoms with Gasteiger partial charge < -0.3 is 10.4 Å². The van der Waals surface area contributed by atoms with Crippen molar-refractivity contribution >= 4 is 5.82 Å². The maximum Gasteiger partial charge on any atom is 0.416 e. The Morgan fingerprint density at radius 3 is 2.33 bits per heavy atom. The van der Waals surface area contributed by atoms with Crippen LogP contribution in [0.25, 0.3) is 0 Å². The van der Waals surface area contributed by atoms with Crippen molar-refractivity contribution in [1.82, 2.24) is 4.98 Å². The number of anilines is 1. The Bertz CT molecular complexity index is 706. The van der Waals surface area contributed by atoms with E-state index in [0.29, 0.717) is 23.4 Å². The lowest BCUT2D eigenvalue weighted by atomic mass is 9.99. The summed E-state index contributed by atoms with van der Waals surface area (Å²) in [6.07, 6.45) is -3.46. The third-order valence-electron chi connectivity index (χ3n) is 3.63. The number of hydrogen-bond donors (Lipinski definition) is 2. The van der Waals surface area contributed by atoms with Crippen molar-refractivity contribution in [3.8, 4) is 6.07 Å². The molecule has 1 aromatic heterocycles. The highest BCUT2D eigenvalue weighted by Crippen LogP contribution is 2.30. The first-order valence-corrected chi connectivity index (χ1v) is 7.33. The fourth-order valence-corrected chi connectivity index (χ4v) is 2.24. The summed E-state index contributed by atoms with van der Waals surface area (Å²) in [7, 11) is 0. The molecule has 0 spiro atoms. The number of hydrogen-bond acceptors (Lipinski definition) is 4. The second kappa shape index (κ2) is 7.32. The summed E-state index contributed by atoms with van der Waals surface area (Å²) in [4.78, 5) is 4.07. The van der Waals surface area contributed by atoms with E-state index in [-0.39, 0.29) is 0 Å². The lowest BCUT2D eigenvalue weighted by Crippen LogP contribution is -2.27. The quantitative estimate of drug-likeness (QED) is 0.869. The monoisotopic (exact) mass is 335 g/mol. The van der Waals surface area contributed by atoms with Gasteiger partial charge in [-0.3, -0.25) is 0 Å². The number of rotatable bonds is 5. The number of nitrogens with zero attached hydrogens (tertiary/aromatic N) is 2. The van der Waals surface area contributed by atoms with Gasteiger partial charge in [-0.15, -0.1) is 0 Å². The average Bonchev–Trinajstić information content (AvgIpc) is 2.59. The van der Waals surface area contributed by atoms with Gasteiger partial charge in [-0.1, -0.05) is 19.1 Å². The lowest BCUT2D eigenvalue weighted by Gasteiger charge is -2.24. The number of pyridine rings is 1. The lowest BCUT2D eigenvalue weighted by molar-refractivity contribution is -0.137. The standard InChI is InChI=1S/C17H16F3N3O/c1-2-14(23-15-8-3-11(9-21)10-22-15)16(24)12-4-6-13(7-5-12)17(18,19)20/h3-8,10,14,16,24H,2H2,1H3,(H,22,23). The van der Waals surface area contributed by atoms with E-state index in [2.05, 4.69) is 10.3 Å². The van der Waals surface area contributed by atoms with E-state index in [1.807, 2.05) is 13.0 Å². The minimum Gasteiger partial charge on any atom is -0.386 e. The van der Waals surface area contributed by atoms with Crippen LogP contribution in [0, 0.1) is 11.3 Å². The topological polar surface area (TPSA) is 68.9 Å². The molecule has 2 N–H and O–H groups in total. The molecule has 2 unspecified atom stereocenters.